The van der Waals surface area contributed by atoms with Crippen molar-refractivity contribution in [3.05, 3.63) is 24.4 Å². The summed E-state index contributed by atoms with van der Waals surface area (Å²) in [6.45, 7) is 5.55. The minimum atomic E-state index is -0.541. The lowest BCUT2D eigenvalue weighted by Crippen LogP contribution is -2.34. The third-order valence-corrected chi connectivity index (χ3v) is 1.95. The summed E-state index contributed by atoms with van der Waals surface area (Å²) < 4.78 is 5.04. The molecule has 0 spiro atoms. The lowest BCUT2D eigenvalue weighted by Gasteiger charge is -2.19. The molecule has 0 atom stereocenters. The molecule has 104 valence electrons. The Balaban J connectivity index is 2.23. The monoisotopic (exact) mass is 265 g/mol. The second-order valence-corrected chi connectivity index (χ2v) is 4.94. The molecule has 0 saturated carbocycles. The highest BCUT2D eigenvalue weighted by atomic mass is 16.6. The van der Waals surface area contributed by atoms with Crippen molar-refractivity contribution in [3.63, 3.8) is 0 Å². The molecule has 0 aliphatic rings. The van der Waals surface area contributed by atoms with Crippen LogP contribution in [0, 0.1) is 0 Å². The Morgan fingerprint density at radius 2 is 2.05 bits per heavy atom. The van der Waals surface area contributed by atoms with Crippen LogP contribution in [-0.4, -0.2) is 29.1 Å². The molecule has 0 fully saturated rings. The third-order valence-electron chi connectivity index (χ3n) is 1.95. The van der Waals surface area contributed by atoms with Crippen LogP contribution in [0.15, 0.2) is 24.4 Å². The van der Waals surface area contributed by atoms with Crippen molar-refractivity contribution in [1.29, 1.82) is 0 Å². The van der Waals surface area contributed by atoms with Crippen molar-refractivity contribution in [2.75, 3.05) is 11.9 Å². The quantitative estimate of drug-likeness (QED) is 0.871. The zero-order valence-corrected chi connectivity index (χ0v) is 11.4. The largest absolute Gasteiger partial charge is 0.444 e. The van der Waals surface area contributed by atoms with Gasteiger partial charge in [0.15, 0.2) is 0 Å². The highest BCUT2D eigenvalue weighted by molar-refractivity contribution is 5.90. The fourth-order valence-electron chi connectivity index (χ4n) is 1.23. The van der Waals surface area contributed by atoms with Gasteiger partial charge >= 0.3 is 6.09 Å². The van der Waals surface area contributed by atoms with Crippen molar-refractivity contribution < 1.29 is 14.3 Å². The van der Waals surface area contributed by atoms with E-state index < -0.39 is 11.7 Å². The normalized spacial score (nSPS) is 10.7. The number of aromatic nitrogens is 1. The Morgan fingerprint density at radius 3 is 2.63 bits per heavy atom. The van der Waals surface area contributed by atoms with Crippen LogP contribution in [0.1, 0.15) is 27.2 Å². The highest BCUT2D eigenvalue weighted by Gasteiger charge is 2.15. The molecular weight excluding hydrogens is 246 g/mol. The minimum Gasteiger partial charge on any atom is -0.444 e. The summed E-state index contributed by atoms with van der Waals surface area (Å²) in [5.74, 6) is 0.277. The van der Waals surface area contributed by atoms with Crippen molar-refractivity contribution in [1.82, 2.24) is 10.3 Å². The summed E-state index contributed by atoms with van der Waals surface area (Å²) in [6, 6.07) is 5.24. The van der Waals surface area contributed by atoms with Crippen LogP contribution in [0.4, 0.5) is 10.6 Å². The number of rotatable bonds is 4. The van der Waals surface area contributed by atoms with Gasteiger partial charge in [0.1, 0.15) is 11.4 Å². The van der Waals surface area contributed by atoms with Crippen LogP contribution in [0.25, 0.3) is 0 Å². The first-order valence-electron chi connectivity index (χ1n) is 6.04. The number of pyridine rings is 1. The van der Waals surface area contributed by atoms with E-state index in [0.717, 1.165) is 0 Å². The molecule has 6 nitrogen and oxygen atoms in total. The molecular formula is C13H19N3O3. The Labute approximate surface area is 112 Å². The van der Waals surface area contributed by atoms with Crippen molar-refractivity contribution in [3.8, 4) is 0 Å². The number of nitrogens with one attached hydrogen (secondary N) is 2. The van der Waals surface area contributed by atoms with Gasteiger partial charge in [-0.3, -0.25) is 4.79 Å². The number of hydrogen-bond acceptors (Lipinski definition) is 4. The second-order valence-electron chi connectivity index (χ2n) is 4.94. The van der Waals surface area contributed by atoms with E-state index in [2.05, 4.69) is 15.6 Å². The smallest absolute Gasteiger partial charge is 0.407 e. The van der Waals surface area contributed by atoms with Gasteiger partial charge in [-0.2, -0.15) is 0 Å². The molecule has 0 unspecified atom stereocenters. The molecule has 0 radical (unpaired) electrons. The predicted octanol–water partition coefficient (Wildman–Crippen LogP) is 1.93. The van der Waals surface area contributed by atoms with Crippen LogP contribution >= 0.6 is 0 Å². The zero-order chi connectivity index (χ0) is 14.3. The Hall–Kier alpha value is -2.11. The molecule has 0 bridgehead atoms. The molecule has 1 aromatic rings. The van der Waals surface area contributed by atoms with Gasteiger partial charge in [-0.15, -0.1) is 0 Å². The standard InChI is InChI=1S/C13H19N3O3/c1-13(2,3)19-12(18)15-9-7-11(17)16-10-6-4-5-8-14-10/h4-6,8H,7,9H2,1-3H3,(H,15,18)(H,14,16,17). The van der Waals surface area contributed by atoms with E-state index in [4.69, 9.17) is 4.74 Å². The zero-order valence-electron chi connectivity index (χ0n) is 11.4. The molecule has 1 rings (SSSR count). The summed E-state index contributed by atoms with van der Waals surface area (Å²) >= 11 is 0. The van der Waals surface area contributed by atoms with E-state index in [1.54, 1.807) is 45.2 Å². The number of carbonyl (C=O) groups excluding carboxylic acids is 2. The number of amides is 2. The molecule has 2 N–H and O–H groups in total. The van der Waals surface area contributed by atoms with E-state index in [9.17, 15) is 9.59 Å². The van der Waals surface area contributed by atoms with Crippen molar-refractivity contribution in [2.24, 2.45) is 0 Å². The average molecular weight is 265 g/mol. The Kier molecular flexibility index (Phi) is 5.29. The summed E-state index contributed by atoms with van der Waals surface area (Å²) in [5.41, 5.74) is -0.541. The van der Waals surface area contributed by atoms with Gasteiger partial charge in [-0.25, -0.2) is 9.78 Å². The number of alkyl carbamates (subject to hydrolysis) is 1. The maximum Gasteiger partial charge on any atom is 0.407 e. The average Bonchev–Trinajstić information content (AvgIpc) is 2.27. The van der Waals surface area contributed by atoms with Crippen LogP contribution in [0.2, 0.25) is 0 Å². The van der Waals surface area contributed by atoms with Crippen molar-refractivity contribution in [2.45, 2.75) is 32.8 Å². The molecule has 0 aliphatic heterocycles. The first-order valence-corrected chi connectivity index (χ1v) is 6.04. The van der Waals surface area contributed by atoms with Crippen LogP contribution < -0.4 is 10.6 Å². The summed E-state index contributed by atoms with van der Waals surface area (Å²) in [7, 11) is 0. The predicted molar refractivity (Wildman–Crippen MR) is 71.7 cm³/mol. The molecule has 6 heteroatoms. The first kappa shape index (κ1) is 14.9. The number of ether oxygens (including phenoxy) is 1. The first-order chi connectivity index (χ1) is 8.87. The van der Waals surface area contributed by atoms with Crippen LogP contribution in [0.3, 0.4) is 0 Å². The molecule has 1 aromatic heterocycles. The topological polar surface area (TPSA) is 80.3 Å². The van der Waals surface area contributed by atoms with Gasteiger partial charge in [-0.05, 0) is 32.9 Å². The summed E-state index contributed by atoms with van der Waals surface area (Å²) in [5, 5.41) is 5.14. The lowest BCUT2D eigenvalue weighted by atomic mass is 10.2. The molecule has 19 heavy (non-hydrogen) atoms. The van der Waals surface area contributed by atoms with E-state index in [1.165, 1.54) is 0 Å². The maximum absolute atomic E-state index is 11.5. The van der Waals surface area contributed by atoms with Gasteiger partial charge in [0.05, 0.1) is 0 Å². The highest BCUT2D eigenvalue weighted by Crippen LogP contribution is 2.06. The SMILES string of the molecule is CC(C)(C)OC(=O)NCCC(=O)Nc1ccccn1. The fraction of sp³-hybridized carbons (Fsp3) is 0.462. The van der Waals surface area contributed by atoms with Crippen molar-refractivity contribution >= 4 is 17.8 Å². The van der Waals surface area contributed by atoms with E-state index in [0.29, 0.717) is 5.82 Å². The Bertz CT molecular complexity index is 427. The fourth-order valence-corrected chi connectivity index (χ4v) is 1.23. The van der Waals surface area contributed by atoms with Gasteiger partial charge in [0, 0.05) is 19.2 Å². The van der Waals surface area contributed by atoms with E-state index in [-0.39, 0.29) is 18.9 Å². The molecule has 1 heterocycles. The number of carbonyl (C=O) groups is 2. The minimum absolute atomic E-state index is 0.163. The van der Waals surface area contributed by atoms with Crippen LogP contribution in [-0.2, 0) is 9.53 Å². The van der Waals surface area contributed by atoms with E-state index >= 15 is 0 Å². The second kappa shape index (κ2) is 6.72. The molecule has 2 amide bonds. The van der Waals surface area contributed by atoms with Gasteiger partial charge < -0.3 is 15.4 Å². The van der Waals surface area contributed by atoms with Crippen LogP contribution in [0.5, 0.6) is 0 Å². The molecule has 0 saturated heterocycles. The summed E-state index contributed by atoms with van der Waals surface area (Å²) in [4.78, 5) is 26.8. The number of hydrogen-bond donors (Lipinski definition) is 2. The lowest BCUT2D eigenvalue weighted by molar-refractivity contribution is -0.116. The summed E-state index contributed by atoms with van der Waals surface area (Å²) in [6.07, 6.45) is 1.22. The van der Waals surface area contributed by atoms with E-state index in [1.807, 2.05) is 0 Å². The third kappa shape index (κ3) is 7.03. The van der Waals surface area contributed by atoms with Gasteiger partial charge in [0.25, 0.3) is 0 Å². The molecule has 0 aromatic carbocycles. The Morgan fingerprint density at radius 1 is 1.32 bits per heavy atom. The number of anilines is 1. The van der Waals surface area contributed by atoms with Gasteiger partial charge in [0.2, 0.25) is 5.91 Å². The maximum atomic E-state index is 11.5. The van der Waals surface area contributed by atoms with Gasteiger partial charge in [-0.1, -0.05) is 6.07 Å². The molecule has 0 aliphatic carbocycles. The number of nitrogens with zero attached hydrogens (tertiary/aromatic N) is 1.